The van der Waals surface area contributed by atoms with Gasteiger partial charge < -0.3 is 5.32 Å². The van der Waals surface area contributed by atoms with Crippen molar-refractivity contribution in [2.75, 3.05) is 13.1 Å². The predicted octanol–water partition coefficient (Wildman–Crippen LogP) is 2.14. The minimum absolute atomic E-state index is 0.167. The Morgan fingerprint density at radius 3 is 2.63 bits per heavy atom. The molecule has 1 aromatic carbocycles. The third-order valence-electron chi connectivity index (χ3n) is 3.88. The molecule has 0 amide bonds. The summed E-state index contributed by atoms with van der Waals surface area (Å²) in [5.41, 5.74) is 1.54. The molecule has 19 heavy (non-hydrogen) atoms. The van der Waals surface area contributed by atoms with E-state index in [1.807, 2.05) is 4.68 Å². The van der Waals surface area contributed by atoms with Crippen LogP contribution in [0, 0.1) is 0 Å². The van der Waals surface area contributed by atoms with Crippen LogP contribution in [0.2, 0.25) is 0 Å². The molecule has 1 saturated heterocycles. The highest BCUT2D eigenvalue weighted by atomic mass is 79.9. The molecule has 1 aromatic heterocycles. The van der Waals surface area contributed by atoms with Crippen LogP contribution in [0.25, 0.3) is 0 Å². The maximum atomic E-state index is 4.41. The van der Waals surface area contributed by atoms with Gasteiger partial charge in [-0.25, -0.2) is 4.98 Å². The summed E-state index contributed by atoms with van der Waals surface area (Å²) in [6.45, 7) is 4.99. The average Bonchev–Trinajstić information content (AvgIpc) is 2.82. The SMILES string of the molecule is CCn1ncnc1CC1(c2ccc(Br)cc2)CNC1. The van der Waals surface area contributed by atoms with E-state index in [1.54, 1.807) is 6.33 Å². The molecule has 2 heterocycles. The van der Waals surface area contributed by atoms with E-state index in [2.05, 4.69) is 62.5 Å². The molecule has 5 heteroatoms. The van der Waals surface area contributed by atoms with Crippen molar-refractivity contribution in [1.82, 2.24) is 20.1 Å². The molecule has 0 radical (unpaired) electrons. The fourth-order valence-electron chi connectivity index (χ4n) is 2.65. The third kappa shape index (κ3) is 2.32. The van der Waals surface area contributed by atoms with Gasteiger partial charge in [0.25, 0.3) is 0 Å². The number of hydrogen-bond acceptors (Lipinski definition) is 3. The number of hydrogen-bond donors (Lipinski definition) is 1. The van der Waals surface area contributed by atoms with Crippen molar-refractivity contribution >= 4 is 15.9 Å². The first-order chi connectivity index (χ1) is 9.23. The van der Waals surface area contributed by atoms with Crippen molar-refractivity contribution in [3.63, 3.8) is 0 Å². The first-order valence-electron chi connectivity index (χ1n) is 6.57. The molecule has 0 aliphatic carbocycles. The normalized spacial score (nSPS) is 17.2. The highest BCUT2D eigenvalue weighted by molar-refractivity contribution is 9.10. The average molecular weight is 321 g/mol. The van der Waals surface area contributed by atoms with Crippen LogP contribution in [0.5, 0.6) is 0 Å². The number of halogens is 1. The Labute approximate surface area is 121 Å². The molecule has 3 rings (SSSR count). The third-order valence-corrected chi connectivity index (χ3v) is 4.40. The summed E-state index contributed by atoms with van der Waals surface area (Å²) in [4.78, 5) is 4.41. The Hall–Kier alpha value is -1.20. The van der Waals surface area contributed by atoms with E-state index < -0.39 is 0 Å². The van der Waals surface area contributed by atoms with E-state index in [0.29, 0.717) is 0 Å². The molecule has 0 saturated carbocycles. The van der Waals surface area contributed by atoms with E-state index in [9.17, 15) is 0 Å². The number of aryl methyl sites for hydroxylation is 1. The fraction of sp³-hybridized carbons (Fsp3) is 0.429. The second-order valence-electron chi connectivity index (χ2n) is 5.06. The van der Waals surface area contributed by atoms with Crippen molar-refractivity contribution in [3.8, 4) is 0 Å². The molecule has 100 valence electrons. The lowest BCUT2D eigenvalue weighted by atomic mass is 9.72. The van der Waals surface area contributed by atoms with Crippen LogP contribution in [0.4, 0.5) is 0 Å². The van der Waals surface area contributed by atoms with Gasteiger partial charge in [-0.2, -0.15) is 5.10 Å². The maximum Gasteiger partial charge on any atom is 0.138 e. The second-order valence-corrected chi connectivity index (χ2v) is 5.98. The molecule has 1 aliphatic heterocycles. The molecular formula is C14H17BrN4. The Morgan fingerprint density at radius 1 is 1.32 bits per heavy atom. The monoisotopic (exact) mass is 320 g/mol. The summed E-state index contributed by atoms with van der Waals surface area (Å²) in [6, 6.07) is 8.63. The topological polar surface area (TPSA) is 42.7 Å². The molecule has 1 fully saturated rings. The zero-order valence-corrected chi connectivity index (χ0v) is 12.5. The predicted molar refractivity (Wildman–Crippen MR) is 78.1 cm³/mol. The van der Waals surface area contributed by atoms with Crippen molar-refractivity contribution in [2.24, 2.45) is 0 Å². The van der Waals surface area contributed by atoms with Crippen molar-refractivity contribution < 1.29 is 0 Å². The summed E-state index contributed by atoms with van der Waals surface area (Å²) in [5.74, 6) is 1.08. The van der Waals surface area contributed by atoms with Crippen molar-refractivity contribution in [3.05, 3.63) is 46.5 Å². The summed E-state index contributed by atoms with van der Waals surface area (Å²) in [7, 11) is 0. The Kier molecular flexibility index (Phi) is 3.41. The lowest BCUT2D eigenvalue weighted by molar-refractivity contribution is 0.266. The smallest absolute Gasteiger partial charge is 0.138 e. The van der Waals surface area contributed by atoms with Gasteiger partial charge in [0.05, 0.1) is 0 Å². The standard InChI is InChI=1S/C14H17BrN4/c1-2-19-13(17-10-18-19)7-14(8-16-9-14)11-3-5-12(15)6-4-11/h3-6,10,16H,2,7-9H2,1H3. The lowest BCUT2D eigenvalue weighted by Gasteiger charge is -2.43. The van der Waals surface area contributed by atoms with Crippen LogP contribution in [-0.4, -0.2) is 27.9 Å². The first-order valence-corrected chi connectivity index (χ1v) is 7.36. The summed E-state index contributed by atoms with van der Waals surface area (Å²) < 4.78 is 3.11. The van der Waals surface area contributed by atoms with Gasteiger partial charge in [0, 0.05) is 35.9 Å². The van der Waals surface area contributed by atoms with Crippen molar-refractivity contribution in [2.45, 2.75) is 25.3 Å². The molecule has 0 unspecified atom stereocenters. The Bertz CT molecular complexity index is 557. The lowest BCUT2D eigenvalue weighted by Crippen LogP contribution is -2.58. The van der Waals surface area contributed by atoms with Crippen LogP contribution >= 0.6 is 15.9 Å². The largest absolute Gasteiger partial charge is 0.315 e. The van der Waals surface area contributed by atoms with Crippen LogP contribution in [0.3, 0.4) is 0 Å². The highest BCUT2D eigenvalue weighted by Crippen LogP contribution is 2.32. The van der Waals surface area contributed by atoms with Crippen LogP contribution in [0.15, 0.2) is 35.1 Å². The Morgan fingerprint density at radius 2 is 2.05 bits per heavy atom. The van der Waals surface area contributed by atoms with Gasteiger partial charge in [-0.1, -0.05) is 28.1 Å². The molecule has 0 spiro atoms. The molecule has 1 aliphatic rings. The van der Waals surface area contributed by atoms with Crippen molar-refractivity contribution in [1.29, 1.82) is 0 Å². The van der Waals surface area contributed by atoms with Crippen LogP contribution in [0.1, 0.15) is 18.3 Å². The minimum atomic E-state index is 0.167. The summed E-state index contributed by atoms with van der Waals surface area (Å²) >= 11 is 3.49. The van der Waals surface area contributed by atoms with Gasteiger partial charge in [-0.15, -0.1) is 0 Å². The molecular weight excluding hydrogens is 304 g/mol. The van der Waals surface area contributed by atoms with E-state index >= 15 is 0 Å². The summed E-state index contributed by atoms with van der Waals surface area (Å²) in [6.07, 6.45) is 2.59. The molecule has 0 bridgehead atoms. The highest BCUT2D eigenvalue weighted by Gasteiger charge is 2.39. The number of nitrogens with one attached hydrogen (secondary N) is 1. The quantitative estimate of drug-likeness (QED) is 0.938. The molecule has 1 N–H and O–H groups in total. The van der Waals surface area contributed by atoms with E-state index in [4.69, 9.17) is 0 Å². The number of rotatable bonds is 4. The van der Waals surface area contributed by atoms with Gasteiger partial charge in [0.15, 0.2) is 0 Å². The van der Waals surface area contributed by atoms with Gasteiger partial charge in [-0.05, 0) is 24.6 Å². The summed E-state index contributed by atoms with van der Waals surface area (Å²) in [5, 5.41) is 7.66. The molecule has 2 aromatic rings. The first kappa shape index (κ1) is 12.8. The van der Waals surface area contributed by atoms with E-state index in [-0.39, 0.29) is 5.41 Å². The number of nitrogens with zero attached hydrogens (tertiary/aromatic N) is 3. The maximum absolute atomic E-state index is 4.41. The van der Waals surface area contributed by atoms with Gasteiger partial charge >= 0.3 is 0 Å². The Balaban J connectivity index is 1.89. The number of aromatic nitrogens is 3. The van der Waals surface area contributed by atoms with Crippen LogP contribution < -0.4 is 5.32 Å². The second kappa shape index (κ2) is 5.06. The zero-order valence-electron chi connectivity index (χ0n) is 10.9. The van der Waals surface area contributed by atoms with Gasteiger partial charge in [-0.3, -0.25) is 4.68 Å². The number of benzene rings is 1. The van der Waals surface area contributed by atoms with E-state index in [0.717, 1.165) is 36.4 Å². The van der Waals surface area contributed by atoms with Gasteiger partial charge in [0.2, 0.25) is 0 Å². The van der Waals surface area contributed by atoms with E-state index in [1.165, 1.54) is 5.56 Å². The minimum Gasteiger partial charge on any atom is -0.315 e. The van der Waals surface area contributed by atoms with Crippen LogP contribution in [-0.2, 0) is 18.4 Å². The van der Waals surface area contributed by atoms with Gasteiger partial charge in [0.1, 0.15) is 12.2 Å². The fourth-order valence-corrected chi connectivity index (χ4v) is 2.92. The zero-order chi connectivity index (χ0) is 13.3. The molecule has 0 atom stereocenters. The molecule has 4 nitrogen and oxygen atoms in total.